The van der Waals surface area contributed by atoms with Crippen LogP contribution in [0.4, 0.5) is 5.69 Å². The van der Waals surface area contributed by atoms with Gasteiger partial charge in [-0.25, -0.2) is 0 Å². The van der Waals surface area contributed by atoms with Gasteiger partial charge in [-0.15, -0.1) is 5.54 Å². The van der Waals surface area contributed by atoms with Gasteiger partial charge in [0.05, 0.1) is 4.92 Å². The molecule has 0 unspecified atom stereocenters. The molecule has 0 aliphatic carbocycles. The quantitative estimate of drug-likeness (QED) is 0.325. The third kappa shape index (κ3) is 5.25. The number of hydrogen-bond donors (Lipinski definition) is 0. The van der Waals surface area contributed by atoms with Crippen LogP contribution in [0.3, 0.4) is 0 Å². The summed E-state index contributed by atoms with van der Waals surface area (Å²) in [6, 6.07) is 6.11. The Balaban J connectivity index is 2.94. The maximum absolute atomic E-state index is 10.6. The van der Waals surface area contributed by atoms with Gasteiger partial charge in [0.1, 0.15) is 8.07 Å². The first kappa shape index (κ1) is 20.6. The van der Waals surface area contributed by atoms with Crippen LogP contribution < -0.4 is 0 Å². The fraction of sp³-hybridized carbons (Fsp3) is 0.429. The highest BCUT2D eigenvalue weighted by molar-refractivity contribution is 6.90. The lowest BCUT2D eigenvalue weighted by molar-refractivity contribution is -0.384. The number of benzene rings is 1. The zero-order valence-electron chi connectivity index (χ0n) is 15.8. The third-order valence-electron chi connectivity index (χ3n) is 4.62. The second-order valence-electron chi connectivity index (χ2n) is 6.95. The Kier molecular flexibility index (Phi) is 7.50. The van der Waals surface area contributed by atoms with Crippen molar-refractivity contribution in [1.29, 1.82) is 0 Å². The van der Waals surface area contributed by atoms with Crippen molar-refractivity contribution in [1.82, 2.24) is 0 Å². The van der Waals surface area contributed by atoms with Gasteiger partial charge in [-0.05, 0) is 52.4 Å². The molecule has 0 fully saturated rings. The predicted octanol–water partition coefficient (Wildman–Crippen LogP) is 5.17. The average molecular weight is 352 g/mol. The number of nitro groups is 1. The molecule has 0 aromatic heterocycles. The largest absolute Gasteiger partial charge is 0.269 e. The molecule has 130 valence electrons. The van der Waals surface area contributed by atoms with Crippen LogP contribution in [0.15, 0.2) is 24.3 Å². The summed E-state index contributed by atoms with van der Waals surface area (Å²) in [6.07, 6.45) is 0. The average Bonchev–Trinajstić information content (AvgIpc) is 2.53. The summed E-state index contributed by atoms with van der Waals surface area (Å²) >= 11 is 0. The number of hydrogen-bond acceptors (Lipinski definition) is 2. The van der Waals surface area contributed by atoms with E-state index in [4.69, 9.17) is 0 Å². The SMILES string of the molecule is CC(C)[Si](C#CC#CC#Cc1ccc([N+](=O)[O-])cc1)(C(C)C)C(C)C. The van der Waals surface area contributed by atoms with E-state index < -0.39 is 13.0 Å². The van der Waals surface area contributed by atoms with E-state index in [9.17, 15) is 10.1 Å². The van der Waals surface area contributed by atoms with Gasteiger partial charge in [-0.2, -0.15) is 0 Å². The molecule has 0 heterocycles. The highest BCUT2D eigenvalue weighted by atomic mass is 28.3. The van der Waals surface area contributed by atoms with Crippen molar-refractivity contribution >= 4 is 13.8 Å². The second kappa shape index (κ2) is 9.12. The molecule has 0 bridgehead atoms. The van der Waals surface area contributed by atoms with Crippen molar-refractivity contribution in [3.63, 3.8) is 0 Å². The Morgan fingerprint density at radius 1 is 0.840 bits per heavy atom. The molecule has 0 saturated carbocycles. The molecule has 1 rings (SSSR count). The van der Waals surface area contributed by atoms with Crippen LogP contribution in [0.2, 0.25) is 16.6 Å². The van der Waals surface area contributed by atoms with Crippen LogP contribution in [0.25, 0.3) is 0 Å². The first-order valence-corrected chi connectivity index (χ1v) is 10.7. The van der Waals surface area contributed by atoms with E-state index in [2.05, 4.69) is 76.7 Å². The van der Waals surface area contributed by atoms with E-state index in [0.717, 1.165) is 0 Å². The fourth-order valence-corrected chi connectivity index (χ4v) is 8.55. The monoisotopic (exact) mass is 351 g/mol. The highest BCUT2D eigenvalue weighted by Gasteiger charge is 2.41. The number of rotatable bonds is 4. The predicted molar refractivity (Wildman–Crippen MR) is 107 cm³/mol. The molecule has 0 atom stereocenters. The Bertz CT molecular complexity index is 766. The van der Waals surface area contributed by atoms with Crippen LogP contribution in [0, 0.1) is 45.3 Å². The van der Waals surface area contributed by atoms with Crippen molar-refractivity contribution < 1.29 is 4.92 Å². The normalized spacial score (nSPS) is 10.4. The maximum Gasteiger partial charge on any atom is 0.269 e. The summed E-state index contributed by atoms with van der Waals surface area (Å²) in [6.45, 7) is 13.6. The molecule has 4 heteroatoms. The van der Waals surface area contributed by atoms with Gasteiger partial charge in [-0.1, -0.05) is 47.5 Å². The van der Waals surface area contributed by atoms with E-state index in [1.165, 1.54) is 12.1 Å². The summed E-state index contributed by atoms with van der Waals surface area (Å²) in [4.78, 5) is 10.2. The molecule has 0 aliphatic heterocycles. The highest BCUT2D eigenvalue weighted by Crippen LogP contribution is 2.40. The Hall–Kier alpha value is -2.48. The summed E-state index contributed by atoms with van der Waals surface area (Å²) < 4.78 is 0. The van der Waals surface area contributed by atoms with Crippen molar-refractivity contribution in [2.45, 2.75) is 58.2 Å². The lowest BCUT2D eigenvalue weighted by Crippen LogP contribution is -2.43. The molecule has 0 amide bonds. The number of nitrogens with zero attached hydrogens (tertiary/aromatic N) is 1. The Labute approximate surface area is 152 Å². The van der Waals surface area contributed by atoms with Crippen molar-refractivity contribution in [2.75, 3.05) is 0 Å². The molecule has 0 radical (unpaired) electrons. The van der Waals surface area contributed by atoms with Crippen molar-refractivity contribution in [2.24, 2.45) is 0 Å². The zero-order valence-corrected chi connectivity index (χ0v) is 16.8. The minimum absolute atomic E-state index is 0.0554. The molecule has 0 spiro atoms. The van der Waals surface area contributed by atoms with E-state index >= 15 is 0 Å². The third-order valence-corrected chi connectivity index (χ3v) is 10.9. The van der Waals surface area contributed by atoms with Crippen LogP contribution in [0.5, 0.6) is 0 Å². The number of non-ortho nitro benzene ring substituents is 1. The minimum atomic E-state index is -1.74. The molecule has 1 aromatic carbocycles. The molecule has 0 saturated heterocycles. The zero-order chi connectivity index (χ0) is 19.0. The van der Waals surface area contributed by atoms with Gasteiger partial charge < -0.3 is 0 Å². The Morgan fingerprint density at radius 3 is 1.76 bits per heavy atom. The molecular weight excluding hydrogens is 326 g/mol. The summed E-state index contributed by atoms with van der Waals surface area (Å²) in [5, 5.41) is 10.6. The van der Waals surface area contributed by atoms with E-state index in [-0.39, 0.29) is 5.69 Å². The maximum atomic E-state index is 10.6. The van der Waals surface area contributed by atoms with Crippen LogP contribution in [-0.2, 0) is 0 Å². The van der Waals surface area contributed by atoms with Crippen molar-refractivity contribution in [3.8, 4) is 35.1 Å². The van der Waals surface area contributed by atoms with Gasteiger partial charge in [0.15, 0.2) is 0 Å². The van der Waals surface area contributed by atoms with Gasteiger partial charge in [0, 0.05) is 17.7 Å². The van der Waals surface area contributed by atoms with Gasteiger partial charge in [0.2, 0.25) is 0 Å². The molecule has 0 aliphatic rings. The summed E-state index contributed by atoms with van der Waals surface area (Å²) in [5.41, 5.74) is 6.01. The first-order valence-electron chi connectivity index (χ1n) is 8.49. The first-order chi connectivity index (χ1) is 11.7. The standard InChI is InChI=1S/C21H25NO2Si/c1-17(2)25(18(3)4,19(5)6)16-10-8-7-9-11-20-12-14-21(15-13-20)22(23)24/h12-15,17-19H,1-6H3. The van der Waals surface area contributed by atoms with Gasteiger partial charge in [0.25, 0.3) is 5.69 Å². The molecule has 1 aromatic rings. The van der Waals surface area contributed by atoms with E-state index in [1.807, 2.05) is 0 Å². The van der Waals surface area contributed by atoms with Crippen LogP contribution in [0.1, 0.15) is 47.1 Å². The fourth-order valence-electron chi connectivity index (χ4n) is 3.40. The smallest absolute Gasteiger partial charge is 0.258 e. The van der Waals surface area contributed by atoms with Crippen LogP contribution in [-0.4, -0.2) is 13.0 Å². The van der Waals surface area contributed by atoms with E-state index in [0.29, 0.717) is 22.2 Å². The van der Waals surface area contributed by atoms with E-state index in [1.54, 1.807) is 12.1 Å². The molecular formula is C21H25NO2Si. The summed E-state index contributed by atoms with van der Waals surface area (Å²) in [7, 11) is -1.74. The second-order valence-corrected chi connectivity index (χ2v) is 12.5. The van der Waals surface area contributed by atoms with Crippen LogP contribution >= 0.6 is 0 Å². The minimum Gasteiger partial charge on any atom is -0.258 e. The molecule has 0 N–H and O–H groups in total. The number of nitro benzene ring substituents is 1. The molecule has 25 heavy (non-hydrogen) atoms. The summed E-state index contributed by atoms with van der Waals surface area (Å²) in [5.74, 6) is 14.3. The van der Waals surface area contributed by atoms with Gasteiger partial charge in [-0.3, -0.25) is 10.1 Å². The lowest BCUT2D eigenvalue weighted by atomic mass is 10.2. The Morgan fingerprint density at radius 2 is 1.32 bits per heavy atom. The lowest BCUT2D eigenvalue weighted by Gasteiger charge is -2.37. The topological polar surface area (TPSA) is 43.1 Å². The van der Waals surface area contributed by atoms with Crippen molar-refractivity contribution in [3.05, 3.63) is 39.9 Å². The molecule has 3 nitrogen and oxygen atoms in total. The van der Waals surface area contributed by atoms with Gasteiger partial charge >= 0.3 is 0 Å².